The molecule has 3 rings (SSSR count). The fraction of sp³-hybridized carbons (Fsp3) is 0.208. The number of sulfonamides is 1. The minimum absolute atomic E-state index is 0.0295. The number of hydrogen-bond donors (Lipinski definition) is 1. The molecule has 0 bridgehead atoms. The second-order valence-electron chi connectivity index (χ2n) is 6.96. The molecule has 0 aliphatic rings. The van der Waals surface area contributed by atoms with Gasteiger partial charge in [-0.15, -0.1) is 0 Å². The van der Waals surface area contributed by atoms with Crippen LogP contribution < -0.4 is 19.1 Å². The predicted octanol–water partition coefficient (Wildman–Crippen LogP) is 3.85. The second kappa shape index (κ2) is 10.2. The molecule has 3 aromatic carbocycles. The van der Waals surface area contributed by atoms with Crippen molar-refractivity contribution >= 4 is 21.6 Å². The normalized spacial score (nSPS) is 11.0. The lowest BCUT2D eigenvalue weighted by atomic mass is 10.2. The Kier molecular flexibility index (Phi) is 7.37. The largest absolute Gasteiger partial charge is 0.497 e. The topological polar surface area (TPSA) is 84.9 Å². The highest BCUT2D eigenvalue weighted by Crippen LogP contribution is 2.24. The number of methoxy groups -OCH3 is 1. The molecule has 0 aliphatic carbocycles. The summed E-state index contributed by atoms with van der Waals surface area (Å²) in [5.74, 6) is 0.995. The molecule has 7 nitrogen and oxygen atoms in total. The van der Waals surface area contributed by atoms with E-state index in [1.54, 1.807) is 43.5 Å². The van der Waals surface area contributed by atoms with Crippen LogP contribution in [0.3, 0.4) is 0 Å². The molecule has 0 fully saturated rings. The number of ether oxygens (including phenoxy) is 2. The number of anilines is 1. The predicted molar refractivity (Wildman–Crippen MR) is 124 cm³/mol. The van der Waals surface area contributed by atoms with E-state index in [4.69, 9.17) is 9.47 Å². The Bertz CT molecular complexity index is 1180. The fourth-order valence-electron chi connectivity index (χ4n) is 3.08. The van der Waals surface area contributed by atoms with Gasteiger partial charge >= 0.3 is 0 Å². The first-order valence-corrected chi connectivity index (χ1v) is 11.5. The lowest BCUT2D eigenvalue weighted by Gasteiger charge is -2.20. The average molecular weight is 455 g/mol. The number of nitrogens with zero attached hydrogens (tertiary/aromatic N) is 1. The van der Waals surface area contributed by atoms with Gasteiger partial charge in [-0.3, -0.25) is 9.10 Å². The fourth-order valence-corrected chi connectivity index (χ4v) is 4.33. The number of rotatable bonds is 9. The molecule has 0 aromatic heterocycles. The number of carbonyl (C=O) groups is 1. The lowest BCUT2D eigenvalue weighted by molar-refractivity contribution is 0.0950. The van der Waals surface area contributed by atoms with Gasteiger partial charge in [0.1, 0.15) is 11.5 Å². The molecule has 3 aromatic rings. The Hall–Kier alpha value is -3.52. The van der Waals surface area contributed by atoms with Gasteiger partial charge in [-0.2, -0.15) is 0 Å². The number of amides is 1. The summed E-state index contributed by atoms with van der Waals surface area (Å²) in [6.07, 6.45) is 0. The SMILES string of the molecule is CCOc1cccc(CNC(=O)c2cccc(S(=O)(=O)N(C)c3ccc(OC)cc3)c2)c1. The molecule has 0 saturated carbocycles. The first kappa shape index (κ1) is 23.1. The van der Waals surface area contributed by atoms with Crippen LogP contribution in [0.25, 0.3) is 0 Å². The van der Waals surface area contributed by atoms with E-state index < -0.39 is 10.0 Å². The Labute approximate surface area is 188 Å². The standard InChI is InChI=1S/C24H26N2O5S/c1-4-31-22-9-5-7-18(15-22)17-25-24(27)19-8-6-10-23(16-19)32(28,29)26(2)20-11-13-21(30-3)14-12-20/h5-16H,4,17H2,1-3H3,(H,25,27). The van der Waals surface area contributed by atoms with Gasteiger partial charge in [-0.1, -0.05) is 18.2 Å². The highest BCUT2D eigenvalue weighted by Gasteiger charge is 2.22. The number of hydrogen-bond acceptors (Lipinski definition) is 5. The van der Waals surface area contributed by atoms with Crippen molar-refractivity contribution in [1.82, 2.24) is 5.32 Å². The molecule has 0 heterocycles. The lowest BCUT2D eigenvalue weighted by Crippen LogP contribution is -2.27. The first-order valence-electron chi connectivity index (χ1n) is 10.1. The van der Waals surface area contributed by atoms with Crippen LogP contribution in [0.2, 0.25) is 0 Å². The van der Waals surface area contributed by atoms with Gasteiger partial charge in [0.05, 0.1) is 24.3 Å². The molecule has 0 atom stereocenters. The molecule has 0 unspecified atom stereocenters. The van der Waals surface area contributed by atoms with E-state index >= 15 is 0 Å². The zero-order valence-corrected chi connectivity index (χ0v) is 19.1. The zero-order valence-electron chi connectivity index (χ0n) is 18.2. The van der Waals surface area contributed by atoms with Gasteiger partial charge in [-0.05, 0) is 67.1 Å². The maximum absolute atomic E-state index is 13.1. The van der Waals surface area contributed by atoms with Gasteiger partial charge in [0, 0.05) is 19.2 Å². The number of benzene rings is 3. The maximum Gasteiger partial charge on any atom is 0.264 e. The van der Waals surface area contributed by atoms with Gasteiger partial charge < -0.3 is 14.8 Å². The minimum atomic E-state index is -3.85. The maximum atomic E-state index is 13.1. The highest BCUT2D eigenvalue weighted by molar-refractivity contribution is 7.92. The van der Waals surface area contributed by atoms with E-state index in [1.807, 2.05) is 31.2 Å². The Morgan fingerprint density at radius 3 is 2.38 bits per heavy atom. The van der Waals surface area contributed by atoms with Crippen molar-refractivity contribution < 1.29 is 22.7 Å². The van der Waals surface area contributed by atoms with Gasteiger partial charge in [0.25, 0.3) is 15.9 Å². The Morgan fingerprint density at radius 1 is 0.969 bits per heavy atom. The Balaban J connectivity index is 1.74. The summed E-state index contributed by atoms with van der Waals surface area (Å²) < 4.78 is 37.9. The van der Waals surface area contributed by atoms with Crippen LogP contribution >= 0.6 is 0 Å². The summed E-state index contributed by atoms with van der Waals surface area (Å²) >= 11 is 0. The van der Waals surface area contributed by atoms with Crippen molar-refractivity contribution in [2.24, 2.45) is 0 Å². The quantitative estimate of drug-likeness (QED) is 0.531. The third kappa shape index (κ3) is 5.39. The van der Waals surface area contributed by atoms with Crippen molar-refractivity contribution in [3.8, 4) is 11.5 Å². The van der Waals surface area contributed by atoms with Crippen molar-refractivity contribution in [3.63, 3.8) is 0 Å². The van der Waals surface area contributed by atoms with E-state index in [1.165, 1.54) is 23.5 Å². The van der Waals surface area contributed by atoms with Crippen LogP contribution in [0.5, 0.6) is 11.5 Å². The molecule has 8 heteroatoms. The first-order chi connectivity index (χ1) is 15.3. The second-order valence-corrected chi connectivity index (χ2v) is 8.93. The number of nitrogens with one attached hydrogen (secondary N) is 1. The molecule has 168 valence electrons. The summed E-state index contributed by atoms with van der Waals surface area (Å²) in [6.45, 7) is 2.76. The van der Waals surface area contributed by atoms with E-state index in [0.717, 1.165) is 11.3 Å². The Morgan fingerprint density at radius 2 is 1.69 bits per heavy atom. The number of carbonyl (C=O) groups excluding carboxylic acids is 1. The molecular formula is C24H26N2O5S. The molecular weight excluding hydrogens is 428 g/mol. The summed E-state index contributed by atoms with van der Waals surface area (Å²) in [6, 6.07) is 20.1. The van der Waals surface area contributed by atoms with E-state index in [9.17, 15) is 13.2 Å². The molecule has 1 N–H and O–H groups in total. The van der Waals surface area contributed by atoms with Crippen molar-refractivity contribution in [2.45, 2.75) is 18.4 Å². The van der Waals surface area contributed by atoms with Crippen molar-refractivity contribution in [2.75, 3.05) is 25.1 Å². The monoisotopic (exact) mass is 454 g/mol. The van der Waals surface area contributed by atoms with E-state index in [-0.39, 0.29) is 16.4 Å². The van der Waals surface area contributed by atoms with Gasteiger partial charge in [0.2, 0.25) is 0 Å². The van der Waals surface area contributed by atoms with Crippen molar-refractivity contribution in [3.05, 3.63) is 83.9 Å². The molecule has 0 saturated heterocycles. The molecule has 32 heavy (non-hydrogen) atoms. The van der Waals surface area contributed by atoms with Gasteiger partial charge in [0.15, 0.2) is 0 Å². The van der Waals surface area contributed by atoms with Crippen LogP contribution in [-0.4, -0.2) is 35.1 Å². The van der Waals surface area contributed by atoms with E-state index in [0.29, 0.717) is 24.6 Å². The zero-order chi connectivity index (χ0) is 23.1. The summed E-state index contributed by atoms with van der Waals surface area (Å²) in [5, 5.41) is 2.82. The summed E-state index contributed by atoms with van der Waals surface area (Å²) in [5.41, 5.74) is 1.62. The molecule has 0 aliphatic heterocycles. The van der Waals surface area contributed by atoms with Crippen LogP contribution in [0.15, 0.2) is 77.7 Å². The van der Waals surface area contributed by atoms with Gasteiger partial charge in [-0.25, -0.2) is 8.42 Å². The smallest absolute Gasteiger partial charge is 0.264 e. The van der Waals surface area contributed by atoms with Crippen LogP contribution in [0.4, 0.5) is 5.69 Å². The van der Waals surface area contributed by atoms with Crippen LogP contribution in [-0.2, 0) is 16.6 Å². The average Bonchev–Trinajstić information content (AvgIpc) is 2.82. The van der Waals surface area contributed by atoms with Crippen molar-refractivity contribution in [1.29, 1.82) is 0 Å². The third-order valence-electron chi connectivity index (χ3n) is 4.85. The molecule has 0 radical (unpaired) electrons. The molecule has 0 spiro atoms. The minimum Gasteiger partial charge on any atom is -0.497 e. The molecule has 1 amide bonds. The van der Waals surface area contributed by atoms with Crippen LogP contribution in [0.1, 0.15) is 22.8 Å². The third-order valence-corrected chi connectivity index (χ3v) is 6.63. The highest BCUT2D eigenvalue weighted by atomic mass is 32.2. The summed E-state index contributed by atoms with van der Waals surface area (Å²) in [7, 11) is -0.840. The van der Waals surface area contributed by atoms with Crippen LogP contribution in [0, 0.1) is 0 Å². The van der Waals surface area contributed by atoms with E-state index in [2.05, 4.69) is 5.32 Å². The summed E-state index contributed by atoms with van der Waals surface area (Å²) in [4.78, 5) is 12.7.